The van der Waals surface area contributed by atoms with Gasteiger partial charge in [0.2, 0.25) is 0 Å². The highest BCUT2D eigenvalue weighted by Gasteiger charge is 2.10. The molecule has 102 valence electrons. The van der Waals surface area contributed by atoms with Gasteiger partial charge >= 0.3 is 0 Å². The predicted octanol–water partition coefficient (Wildman–Crippen LogP) is 3.24. The summed E-state index contributed by atoms with van der Waals surface area (Å²) in [7, 11) is 4.26. The maximum atomic E-state index is 3.58. The number of rotatable bonds is 8. The van der Waals surface area contributed by atoms with E-state index in [4.69, 9.17) is 0 Å². The Balaban J connectivity index is 2.65. The molecule has 0 amide bonds. The van der Waals surface area contributed by atoms with E-state index in [1.165, 1.54) is 24.0 Å². The Hall–Kier alpha value is -0.860. The van der Waals surface area contributed by atoms with Crippen LogP contribution in [0.2, 0.25) is 0 Å². The van der Waals surface area contributed by atoms with Crippen LogP contribution in [0.1, 0.15) is 43.9 Å². The quantitative estimate of drug-likeness (QED) is 0.760. The minimum Gasteiger partial charge on any atom is -0.310 e. The molecule has 18 heavy (non-hydrogen) atoms. The summed E-state index contributed by atoms with van der Waals surface area (Å²) < 4.78 is 0. The molecule has 0 bridgehead atoms. The van der Waals surface area contributed by atoms with E-state index in [2.05, 4.69) is 62.4 Å². The predicted molar refractivity (Wildman–Crippen MR) is 80.0 cm³/mol. The molecule has 0 saturated carbocycles. The van der Waals surface area contributed by atoms with E-state index in [9.17, 15) is 0 Å². The van der Waals surface area contributed by atoms with Crippen molar-refractivity contribution in [2.45, 2.75) is 39.2 Å². The minimum atomic E-state index is 0.480. The van der Waals surface area contributed by atoms with E-state index in [-0.39, 0.29) is 0 Å². The highest BCUT2D eigenvalue weighted by Crippen LogP contribution is 2.18. The lowest BCUT2D eigenvalue weighted by Crippen LogP contribution is -2.25. The molecule has 0 aromatic heterocycles. The van der Waals surface area contributed by atoms with Crippen LogP contribution in [-0.2, 0) is 6.42 Å². The lowest BCUT2D eigenvalue weighted by molar-refractivity contribution is 0.363. The molecule has 0 aliphatic heterocycles. The van der Waals surface area contributed by atoms with Crippen molar-refractivity contribution in [2.24, 2.45) is 0 Å². The highest BCUT2D eigenvalue weighted by atomic mass is 15.1. The number of nitrogens with zero attached hydrogens (tertiary/aromatic N) is 1. The van der Waals surface area contributed by atoms with Crippen LogP contribution in [0.3, 0.4) is 0 Å². The van der Waals surface area contributed by atoms with Crippen LogP contribution in [0, 0.1) is 0 Å². The van der Waals surface area contributed by atoms with Gasteiger partial charge < -0.3 is 10.2 Å². The monoisotopic (exact) mass is 248 g/mol. The van der Waals surface area contributed by atoms with Gasteiger partial charge in [-0.15, -0.1) is 0 Å². The number of hydrogen-bond donors (Lipinski definition) is 1. The molecule has 1 unspecified atom stereocenters. The van der Waals surface area contributed by atoms with Gasteiger partial charge in [0.25, 0.3) is 0 Å². The van der Waals surface area contributed by atoms with Crippen LogP contribution >= 0.6 is 0 Å². The first-order valence-corrected chi connectivity index (χ1v) is 7.14. The molecule has 1 aromatic rings. The molecule has 0 heterocycles. The normalized spacial score (nSPS) is 12.9. The summed E-state index contributed by atoms with van der Waals surface area (Å²) in [5, 5.41) is 3.58. The highest BCUT2D eigenvalue weighted by molar-refractivity contribution is 5.25. The van der Waals surface area contributed by atoms with Crippen LogP contribution in [0.4, 0.5) is 0 Å². The molecule has 1 aromatic carbocycles. The van der Waals surface area contributed by atoms with E-state index >= 15 is 0 Å². The van der Waals surface area contributed by atoms with Gasteiger partial charge in [-0.05, 0) is 51.2 Å². The number of nitrogens with one attached hydrogen (secondary N) is 1. The number of aryl methyl sites for hydroxylation is 1. The summed E-state index contributed by atoms with van der Waals surface area (Å²) in [4.78, 5) is 2.25. The van der Waals surface area contributed by atoms with Crippen LogP contribution in [-0.4, -0.2) is 32.1 Å². The SMILES string of the molecule is CCCc1ccc(C(CCN(C)C)NCC)cc1. The van der Waals surface area contributed by atoms with Gasteiger partial charge in [0.15, 0.2) is 0 Å². The van der Waals surface area contributed by atoms with Gasteiger partial charge in [0.05, 0.1) is 0 Å². The van der Waals surface area contributed by atoms with Crippen LogP contribution < -0.4 is 5.32 Å². The fourth-order valence-corrected chi connectivity index (χ4v) is 2.23. The molecule has 0 radical (unpaired) electrons. The third kappa shape index (κ3) is 5.19. The molecule has 1 atom stereocenters. The molecule has 1 N–H and O–H groups in total. The summed E-state index contributed by atoms with van der Waals surface area (Å²) >= 11 is 0. The van der Waals surface area contributed by atoms with Gasteiger partial charge in [0.1, 0.15) is 0 Å². The summed E-state index contributed by atoms with van der Waals surface area (Å²) in [5.41, 5.74) is 2.86. The van der Waals surface area contributed by atoms with Crippen molar-refractivity contribution < 1.29 is 0 Å². The Morgan fingerprint density at radius 3 is 2.28 bits per heavy atom. The summed E-state index contributed by atoms with van der Waals surface area (Å²) in [5.74, 6) is 0. The third-order valence-corrected chi connectivity index (χ3v) is 3.24. The van der Waals surface area contributed by atoms with E-state index < -0.39 is 0 Å². The fourth-order valence-electron chi connectivity index (χ4n) is 2.23. The van der Waals surface area contributed by atoms with Crippen LogP contribution in [0.25, 0.3) is 0 Å². The minimum absolute atomic E-state index is 0.480. The smallest absolute Gasteiger partial charge is 0.0332 e. The average Bonchev–Trinajstić information content (AvgIpc) is 2.36. The molecule has 0 saturated heterocycles. The Morgan fingerprint density at radius 2 is 1.78 bits per heavy atom. The van der Waals surface area contributed by atoms with Gasteiger partial charge in [-0.25, -0.2) is 0 Å². The largest absolute Gasteiger partial charge is 0.310 e. The van der Waals surface area contributed by atoms with Crippen molar-refractivity contribution in [3.8, 4) is 0 Å². The molecule has 2 heteroatoms. The number of benzene rings is 1. The fraction of sp³-hybridized carbons (Fsp3) is 0.625. The Kier molecular flexibility index (Phi) is 6.99. The zero-order chi connectivity index (χ0) is 13.4. The standard InChI is InChI=1S/C16H28N2/c1-5-7-14-8-10-15(11-9-14)16(17-6-2)12-13-18(3)4/h8-11,16-17H,5-7,12-13H2,1-4H3. The van der Waals surface area contributed by atoms with Crippen LogP contribution in [0.5, 0.6) is 0 Å². The molecule has 1 rings (SSSR count). The maximum absolute atomic E-state index is 3.58. The van der Waals surface area contributed by atoms with Gasteiger partial charge in [-0.2, -0.15) is 0 Å². The van der Waals surface area contributed by atoms with E-state index in [0.29, 0.717) is 6.04 Å². The van der Waals surface area contributed by atoms with E-state index in [0.717, 1.165) is 19.5 Å². The second-order valence-electron chi connectivity index (χ2n) is 5.19. The average molecular weight is 248 g/mol. The molecule has 0 fully saturated rings. The topological polar surface area (TPSA) is 15.3 Å². The Bertz CT molecular complexity index is 316. The van der Waals surface area contributed by atoms with Crippen LogP contribution in [0.15, 0.2) is 24.3 Å². The second-order valence-corrected chi connectivity index (χ2v) is 5.19. The first-order chi connectivity index (χ1) is 8.67. The lowest BCUT2D eigenvalue weighted by atomic mass is 10.0. The lowest BCUT2D eigenvalue weighted by Gasteiger charge is -2.20. The van der Waals surface area contributed by atoms with Gasteiger partial charge in [0, 0.05) is 6.04 Å². The Labute approximate surface area is 112 Å². The van der Waals surface area contributed by atoms with Crippen molar-refractivity contribution >= 4 is 0 Å². The van der Waals surface area contributed by atoms with Crippen molar-refractivity contribution in [3.05, 3.63) is 35.4 Å². The van der Waals surface area contributed by atoms with Crippen molar-refractivity contribution in [3.63, 3.8) is 0 Å². The maximum Gasteiger partial charge on any atom is 0.0332 e. The second kappa shape index (κ2) is 8.28. The van der Waals surface area contributed by atoms with E-state index in [1.54, 1.807) is 0 Å². The zero-order valence-electron chi connectivity index (χ0n) is 12.4. The first kappa shape index (κ1) is 15.2. The molecular weight excluding hydrogens is 220 g/mol. The molecule has 0 aliphatic rings. The summed E-state index contributed by atoms with van der Waals surface area (Å²) in [6.07, 6.45) is 3.56. The zero-order valence-corrected chi connectivity index (χ0v) is 12.4. The van der Waals surface area contributed by atoms with Crippen molar-refractivity contribution in [2.75, 3.05) is 27.2 Å². The first-order valence-electron chi connectivity index (χ1n) is 7.14. The molecule has 0 spiro atoms. The summed E-state index contributed by atoms with van der Waals surface area (Å²) in [6.45, 7) is 6.55. The molecular formula is C16H28N2. The summed E-state index contributed by atoms with van der Waals surface area (Å²) in [6, 6.07) is 9.60. The van der Waals surface area contributed by atoms with Gasteiger partial charge in [-0.3, -0.25) is 0 Å². The van der Waals surface area contributed by atoms with Crippen molar-refractivity contribution in [1.82, 2.24) is 10.2 Å². The molecule has 0 aliphatic carbocycles. The number of hydrogen-bond acceptors (Lipinski definition) is 2. The molecule has 2 nitrogen and oxygen atoms in total. The third-order valence-electron chi connectivity index (χ3n) is 3.24. The van der Waals surface area contributed by atoms with Crippen molar-refractivity contribution in [1.29, 1.82) is 0 Å². The van der Waals surface area contributed by atoms with Gasteiger partial charge in [-0.1, -0.05) is 44.5 Å². The Morgan fingerprint density at radius 1 is 1.11 bits per heavy atom. The van der Waals surface area contributed by atoms with E-state index in [1.807, 2.05) is 0 Å².